The molecule has 0 aliphatic carbocycles. The van der Waals surface area contributed by atoms with Crippen LogP contribution in [0.3, 0.4) is 0 Å². The molecule has 0 amide bonds. The lowest BCUT2D eigenvalue weighted by molar-refractivity contribution is 0.824. The highest BCUT2D eigenvalue weighted by molar-refractivity contribution is 5.56. The largest absolute Gasteiger partial charge is 0.412 e. The number of rotatable bonds is 0. The van der Waals surface area contributed by atoms with Crippen molar-refractivity contribution >= 4 is 6.34 Å². The van der Waals surface area contributed by atoms with Gasteiger partial charge in [0.05, 0.1) is 12.9 Å². The summed E-state index contributed by atoms with van der Waals surface area (Å²) in [6.45, 7) is 0.826. The van der Waals surface area contributed by atoms with E-state index < -0.39 is 0 Å². The summed E-state index contributed by atoms with van der Waals surface area (Å²) in [6, 6.07) is 0. The van der Waals surface area contributed by atoms with E-state index in [1.54, 1.807) is 6.34 Å². The van der Waals surface area contributed by atoms with Crippen molar-refractivity contribution in [2.75, 3.05) is 6.54 Å². The maximum atomic E-state index is 3.85. The van der Waals surface area contributed by atoms with Crippen molar-refractivity contribution in [3.05, 3.63) is 12.3 Å². The minimum atomic E-state index is 0. The van der Waals surface area contributed by atoms with Crippen LogP contribution in [0, 0.1) is 0 Å². The third kappa shape index (κ3) is 1.94. The molecule has 0 bridgehead atoms. The summed E-state index contributed by atoms with van der Waals surface area (Å²) in [5, 5.41) is 2.81. The maximum Gasteiger partial charge on any atom is 0.0867 e. The van der Waals surface area contributed by atoms with E-state index in [1.165, 1.54) is 0 Å². The first-order valence-corrected chi connectivity index (χ1v) is 1.89. The SMILES string of the molecule is C1=CNC=NC1.O. The lowest BCUT2D eigenvalue weighted by Crippen LogP contribution is -2.04. The van der Waals surface area contributed by atoms with Gasteiger partial charge in [0.1, 0.15) is 0 Å². The molecular weight excluding hydrogens is 92.1 g/mol. The molecule has 0 saturated carbocycles. The van der Waals surface area contributed by atoms with Gasteiger partial charge in [-0.3, -0.25) is 4.99 Å². The second-order valence-corrected chi connectivity index (χ2v) is 1.06. The van der Waals surface area contributed by atoms with Crippen molar-refractivity contribution in [3.63, 3.8) is 0 Å². The zero-order valence-corrected chi connectivity index (χ0v) is 3.89. The van der Waals surface area contributed by atoms with Gasteiger partial charge in [-0.1, -0.05) is 0 Å². The predicted octanol–water partition coefficient (Wildman–Crippen LogP) is -0.693. The molecule has 7 heavy (non-hydrogen) atoms. The number of nitrogens with zero attached hydrogens (tertiary/aromatic N) is 1. The van der Waals surface area contributed by atoms with Gasteiger partial charge < -0.3 is 10.8 Å². The Bertz CT molecular complexity index is 67.7. The molecule has 0 radical (unpaired) electrons. The van der Waals surface area contributed by atoms with E-state index in [1.807, 2.05) is 12.3 Å². The molecule has 1 rings (SSSR count). The highest BCUT2D eigenvalue weighted by Crippen LogP contribution is 1.73. The van der Waals surface area contributed by atoms with Gasteiger partial charge in [0.25, 0.3) is 0 Å². The Labute approximate surface area is 42.1 Å². The fourth-order valence-corrected chi connectivity index (χ4v) is 0.330. The second-order valence-electron chi connectivity index (χ2n) is 1.06. The molecule has 0 unspecified atom stereocenters. The summed E-state index contributed by atoms with van der Waals surface area (Å²) in [6.07, 6.45) is 5.51. The highest BCUT2D eigenvalue weighted by atomic mass is 16.0. The molecule has 0 atom stereocenters. The lowest BCUT2D eigenvalue weighted by Gasteiger charge is -1.91. The summed E-state index contributed by atoms with van der Waals surface area (Å²) in [4.78, 5) is 3.85. The standard InChI is InChI=1S/C4H6N2.H2O/c1-2-5-4-6-3-1;/h1-2,4H,3H2,(H,5,6);1H2. The van der Waals surface area contributed by atoms with E-state index in [4.69, 9.17) is 0 Å². The molecule has 0 fully saturated rings. The molecule has 3 nitrogen and oxygen atoms in total. The van der Waals surface area contributed by atoms with Crippen molar-refractivity contribution < 1.29 is 5.48 Å². The fraction of sp³-hybridized carbons (Fsp3) is 0.250. The monoisotopic (exact) mass is 100 g/mol. The average molecular weight is 100 g/mol. The summed E-state index contributed by atoms with van der Waals surface area (Å²) < 4.78 is 0. The Balaban J connectivity index is 0.000000360. The smallest absolute Gasteiger partial charge is 0.0867 e. The van der Waals surface area contributed by atoms with Crippen LogP contribution in [0.25, 0.3) is 0 Å². The fourth-order valence-electron chi connectivity index (χ4n) is 0.330. The normalized spacial score (nSPS) is 14.9. The minimum Gasteiger partial charge on any atom is -0.412 e. The first-order chi connectivity index (χ1) is 3.00. The van der Waals surface area contributed by atoms with E-state index in [0.29, 0.717) is 0 Å². The third-order valence-corrected chi connectivity index (χ3v) is 0.591. The topological polar surface area (TPSA) is 55.9 Å². The highest BCUT2D eigenvalue weighted by Gasteiger charge is 1.73. The van der Waals surface area contributed by atoms with Crippen LogP contribution in [0.4, 0.5) is 0 Å². The Morgan fingerprint density at radius 2 is 2.43 bits per heavy atom. The number of hydrogen-bond acceptors (Lipinski definition) is 2. The van der Waals surface area contributed by atoms with E-state index in [2.05, 4.69) is 10.3 Å². The molecule has 0 aromatic carbocycles. The molecule has 0 aromatic heterocycles. The average Bonchev–Trinajstić information content (AvgIpc) is 1.72. The maximum absolute atomic E-state index is 3.85. The first-order valence-electron chi connectivity index (χ1n) is 1.89. The molecule has 3 N–H and O–H groups in total. The Morgan fingerprint density at radius 3 is 2.57 bits per heavy atom. The van der Waals surface area contributed by atoms with Gasteiger partial charge in [-0.05, 0) is 12.3 Å². The molecule has 1 aliphatic heterocycles. The van der Waals surface area contributed by atoms with E-state index >= 15 is 0 Å². The quantitative estimate of drug-likeness (QED) is 0.430. The summed E-state index contributed by atoms with van der Waals surface area (Å²) in [7, 11) is 0. The van der Waals surface area contributed by atoms with Crippen molar-refractivity contribution in [2.24, 2.45) is 4.99 Å². The number of aliphatic imine (C=N–C) groups is 1. The molecule has 0 saturated heterocycles. The zero-order valence-electron chi connectivity index (χ0n) is 3.89. The van der Waals surface area contributed by atoms with Crippen molar-refractivity contribution in [1.29, 1.82) is 0 Å². The van der Waals surface area contributed by atoms with Crippen LogP contribution in [-0.2, 0) is 0 Å². The Hall–Kier alpha value is -0.830. The molecule has 40 valence electrons. The van der Waals surface area contributed by atoms with Crippen LogP contribution in [0.2, 0.25) is 0 Å². The molecule has 0 aromatic rings. The first kappa shape index (κ1) is 6.17. The van der Waals surface area contributed by atoms with Crippen LogP contribution in [0.5, 0.6) is 0 Å². The van der Waals surface area contributed by atoms with Gasteiger partial charge in [-0.25, -0.2) is 0 Å². The van der Waals surface area contributed by atoms with Crippen molar-refractivity contribution in [1.82, 2.24) is 5.32 Å². The van der Waals surface area contributed by atoms with Gasteiger partial charge in [-0.15, -0.1) is 0 Å². The molecular formula is C4H8N2O. The van der Waals surface area contributed by atoms with Gasteiger partial charge >= 0.3 is 0 Å². The van der Waals surface area contributed by atoms with Crippen molar-refractivity contribution in [3.8, 4) is 0 Å². The predicted molar refractivity (Wildman–Crippen MR) is 29.2 cm³/mol. The van der Waals surface area contributed by atoms with E-state index in [0.717, 1.165) is 6.54 Å². The second kappa shape index (κ2) is 3.36. The van der Waals surface area contributed by atoms with E-state index in [9.17, 15) is 0 Å². The van der Waals surface area contributed by atoms with Crippen LogP contribution in [0.15, 0.2) is 17.3 Å². The number of hydrogen-bond donors (Lipinski definition) is 1. The van der Waals surface area contributed by atoms with Crippen LogP contribution in [0.1, 0.15) is 0 Å². The minimum absolute atomic E-state index is 0. The van der Waals surface area contributed by atoms with Crippen LogP contribution in [-0.4, -0.2) is 18.4 Å². The van der Waals surface area contributed by atoms with Crippen molar-refractivity contribution in [2.45, 2.75) is 0 Å². The van der Waals surface area contributed by atoms with Crippen LogP contribution >= 0.6 is 0 Å². The van der Waals surface area contributed by atoms with Gasteiger partial charge in [0.15, 0.2) is 0 Å². The molecule has 3 heteroatoms. The summed E-state index contributed by atoms with van der Waals surface area (Å²) in [5.74, 6) is 0. The molecule has 1 aliphatic rings. The van der Waals surface area contributed by atoms with Gasteiger partial charge in [-0.2, -0.15) is 0 Å². The Morgan fingerprint density at radius 1 is 1.57 bits per heavy atom. The lowest BCUT2D eigenvalue weighted by atomic mass is 10.6. The van der Waals surface area contributed by atoms with Gasteiger partial charge in [0.2, 0.25) is 0 Å². The van der Waals surface area contributed by atoms with Crippen LogP contribution < -0.4 is 5.32 Å². The van der Waals surface area contributed by atoms with Gasteiger partial charge in [0, 0.05) is 0 Å². The molecule has 0 spiro atoms. The molecule has 1 heterocycles. The number of nitrogens with one attached hydrogen (secondary N) is 1. The summed E-state index contributed by atoms with van der Waals surface area (Å²) in [5.41, 5.74) is 0. The summed E-state index contributed by atoms with van der Waals surface area (Å²) >= 11 is 0. The zero-order chi connectivity index (χ0) is 4.24. The Kier molecular flexibility index (Phi) is 2.96. The third-order valence-electron chi connectivity index (χ3n) is 0.591. The van der Waals surface area contributed by atoms with E-state index in [-0.39, 0.29) is 5.48 Å².